The van der Waals surface area contributed by atoms with Gasteiger partial charge in [0.15, 0.2) is 0 Å². The molecule has 3 N–H and O–H groups in total. The number of H-pyrrole nitrogens is 1. The van der Waals surface area contributed by atoms with E-state index in [0.29, 0.717) is 5.56 Å². The van der Waals surface area contributed by atoms with Gasteiger partial charge in [-0.2, -0.15) is 4.39 Å². The van der Waals surface area contributed by atoms with Crippen LogP contribution in [0.15, 0.2) is 34.0 Å². The maximum atomic E-state index is 13.3. The van der Waals surface area contributed by atoms with Crippen LogP contribution in [0.2, 0.25) is 0 Å². The van der Waals surface area contributed by atoms with Crippen LogP contribution < -0.4 is 16.7 Å². The summed E-state index contributed by atoms with van der Waals surface area (Å²) in [5.74, 6) is -1.95. The van der Waals surface area contributed by atoms with Crippen LogP contribution in [0.1, 0.15) is 5.56 Å². The molecule has 1 aromatic carbocycles. The number of halogens is 2. The van der Waals surface area contributed by atoms with E-state index in [-0.39, 0.29) is 12.0 Å². The second kappa shape index (κ2) is 5.39. The molecular weight excluding hydrogens is 273 g/mol. The third-order valence-corrected chi connectivity index (χ3v) is 2.66. The molecule has 0 aliphatic heterocycles. The molecule has 0 unspecified atom stereocenters. The topological polar surface area (TPSA) is 95.3 Å². The van der Waals surface area contributed by atoms with Crippen molar-refractivity contribution in [2.45, 2.75) is 6.54 Å². The Balaban J connectivity index is 2.40. The molecular formula is C11H9BF2N2O4. The summed E-state index contributed by atoms with van der Waals surface area (Å²) in [5.41, 5.74) is -1.98. The molecule has 0 aliphatic carbocycles. The maximum Gasteiger partial charge on any atom is 0.491 e. The number of hydrogen-bond acceptors (Lipinski definition) is 4. The molecule has 0 fully saturated rings. The summed E-state index contributed by atoms with van der Waals surface area (Å²) in [4.78, 5) is 24.1. The minimum absolute atomic E-state index is 0.160. The first kappa shape index (κ1) is 14.2. The van der Waals surface area contributed by atoms with Crippen molar-refractivity contribution >= 4 is 12.6 Å². The molecule has 9 heteroatoms. The molecule has 1 aromatic heterocycles. The van der Waals surface area contributed by atoms with Crippen molar-refractivity contribution in [3.05, 3.63) is 62.4 Å². The molecule has 2 rings (SSSR count). The predicted molar refractivity (Wildman–Crippen MR) is 66.6 cm³/mol. The molecule has 104 valence electrons. The van der Waals surface area contributed by atoms with Gasteiger partial charge in [-0.25, -0.2) is 9.18 Å². The summed E-state index contributed by atoms with van der Waals surface area (Å²) in [5, 5.41) is 17.9. The third-order valence-electron chi connectivity index (χ3n) is 2.66. The lowest BCUT2D eigenvalue weighted by atomic mass is 9.79. The Morgan fingerprint density at radius 1 is 1.20 bits per heavy atom. The van der Waals surface area contributed by atoms with Gasteiger partial charge in [0.1, 0.15) is 5.82 Å². The van der Waals surface area contributed by atoms with Crippen molar-refractivity contribution in [1.82, 2.24) is 9.55 Å². The van der Waals surface area contributed by atoms with Crippen LogP contribution in [0.4, 0.5) is 8.78 Å². The number of rotatable bonds is 3. The highest BCUT2D eigenvalue weighted by Gasteiger charge is 2.17. The Kier molecular flexibility index (Phi) is 3.82. The van der Waals surface area contributed by atoms with Crippen LogP contribution in [0.25, 0.3) is 0 Å². The monoisotopic (exact) mass is 282 g/mol. The second-order valence-electron chi connectivity index (χ2n) is 4.09. The Morgan fingerprint density at radius 3 is 2.55 bits per heavy atom. The van der Waals surface area contributed by atoms with Crippen molar-refractivity contribution in [2.75, 3.05) is 0 Å². The first-order valence-corrected chi connectivity index (χ1v) is 5.52. The first-order chi connectivity index (χ1) is 9.38. The highest BCUT2D eigenvalue weighted by molar-refractivity contribution is 6.58. The van der Waals surface area contributed by atoms with E-state index in [1.54, 1.807) is 4.98 Å². The lowest BCUT2D eigenvalue weighted by Gasteiger charge is -2.08. The molecule has 1 heterocycles. The molecule has 0 aliphatic rings. The molecule has 6 nitrogen and oxygen atoms in total. The highest BCUT2D eigenvalue weighted by atomic mass is 19.1. The fraction of sp³-hybridized carbons (Fsp3) is 0.0909. The summed E-state index contributed by atoms with van der Waals surface area (Å²) in [7, 11) is -2.00. The Labute approximate surface area is 111 Å². The SMILES string of the molecule is O=c1[nH]c(=O)n(Cc2ccc(F)c(B(O)O)c2)cc1F. The van der Waals surface area contributed by atoms with Crippen LogP contribution >= 0.6 is 0 Å². The highest BCUT2D eigenvalue weighted by Crippen LogP contribution is 2.03. The van der Waals surface area contributed by atoms with Crippen LogP contribution in [0.3, 0.4) is 0 Å². The lowest BCUT2D eigenvalue weighted by Crippen LogP contribution is -2.34. The van der Waals surface area contributed by atoms with Crippen molar-refractivity contribution in [2.24, 2.45) is 0 Å². The summed E-state index contributed by atoms with van der Waals surface area (Å²) in [6, 6.07) is 3.43. The zero-order chi connectivity index (χ0) is 14.9. The molecule has 0 saturated heterocycles. The van der Waals surface area contributed by atoms with Gasteiger partial charge in [-0.05, 0) is 11.6 Å². The van der Waals surface area contributed by atoms with E-state index in [0.717, 1.165) is 22.9 Å². The van der Waals surface area contributed by atoms with E-state index in [1.807, 2.05) is 0 Å². The van der Waals surface area contributed by atoms with Crippen molar-refractivity contribution < 1.29 is 18.8 Å². The van der Waals surface area contributed by atoms with Crippen LogP contribution in [0, 0.1) is 11.6 Å². The van der Waals surface area contributed by atoms with Gasteiger partial charge in [-0.1, -0.05) is 12.1 Å². The van der Waals surface area contributed by atoms with E-state index in [4.69, 9.17) is 10.0 Å². The Morgan fingerprint density at radius 2 is 1.90 bits per heavy atom. The molecule has 0 amide bonds. The maximum absolute atomic E-state index is 13.3. The quantitative estimate of drug-likeness (QED) is 0.600. The standard InChI is InChI=1S/C11H9BF2N2O4/c13-8-2-1-6(3-7(8)12(19)20)4-16-5-9(14)10(17)15-11(16)18/h1-3,5,19-20H,4H2,(H,15,17,18). The van der Waals surface area contributed by atoms with Gasteiger partial charge in [0, 0.05) is 5.46 Å². The average molecular weight is 282 g/mol. The first-order valence-electron chi connectivity index (χ1n) is 5.52. The Hall–Kier alpha value is -2.26. The molecule has 20 heavy (non-hydrogen) atoms. The molecule has 0 atom stereocenters. The van der Waals surface area contributed by atoms with Gasteiger partial charge in [0.05, 0.1) is 12.7 Å². The largest absolute Gasteiger partial charge is 0.491 e. The average Bonchev–Trinajstić information content (AvgIpc) is 2.37. The van der Waals surface area contributed by atoms with Gasteiger partial charge in [0.2, 0.25) is 5.82 Å². The zero-order valence-corrected chi connectivity index (χ0v) is 10.0. The zero-order valence-electron chi connectivity index (χ0n) is 10.0. The fourth-order valence-corrected chi connectivity index (χ4v) is 1.69. The molecule has 0 radical (unpaired) electrons. The normalized spacial score (nSPS) is 10.6. The van der Waals surface area contributed by atoms with Crippen molar-refractivity contribution in [3.63, 3.8) is 0 Å². The van der Waals surface area contributed by atoms with E-state index in [2.05, 4.69) is 0 Å². The van der Waals surface area contributed by atoms with E-state index >= 15 is 0 Å². The van der Waals surface area contributed by atoms with Gasteiger partial charge in [-0.3, -0.25) is 14.3 Å². The molecule has 2 aromatic rings. The van der Waals surface area contributed by atoms with Gasteiger partial charge < -0.3 is 10.0 Å². The summed E-state index contributed by atoms with van der Waals surface area (Å²) in [6.07, 6.45) is 0.722. The minimum Gasteiger partial charge on any atom is -0.423 e. The number of hydrogen-bond donors (Lipinski definition) is 3. The number of aromatic amines is 1. The molecule has 0 spiro atoms. The third kappa shape index (κ3) is 2.84. The second-order valence-corrected chi connectivity index (χ2v) is 4.09. The lowest BCUT2D eigenvalue weighted by molar-refractivity contribution is 0.423. The van der Waals surface area contributed by atoms with Crippen LogP contribution in [-0.4, -0.2) is 26.7 Å². The van der Waals surface area contributed by atoms with Crippen LogP contribution in [-0.2, 0) is 6.54 Å². The number of nitrogens with one attached hydrogen (secondary N) is 1. The van der Waals surface area contributed by atoms with E-state index < -0.39 is 30.0 Å². The summed E-state index contributed by atoms with van der Waals surface area (Å²) in [6.45, 7) is -0.160. The minimum atomic E-state index is -2.00. The number of aromatic nitrogens is 2. The van der Waals surface area contributed by atoms with E-state index in [1.165, 1.54) is 6.07 Å². The van der Waals surface area contributed by atoms with Gasteiger partial charge in [-0.15, -0.1) is 0 Å². The summed E-state index contributed by atoms with van der Waals surface area (Å²) >= 11 is 0. The number of nitrogens with zero attached hydrogens (tertiary/aromatic N) is 1. The van der Waals surface area contributed by atoms with Gasteiger partial charge >= 0.3 is 12.8 Å². The summed E-state index contributed by atoms with van der Waals surface area (Å²) < 4.78 is 27.2. The van der Waals surface area contributed by atoms with E-state index in [9.17, 15) is 18.4 Å². The smallest absolute Gasteiger partial charge is 0.423 e. The predicted octanol–water partition coefficient (Wildman–Crippen LogP) is -1.46. The fourth-order valence-electron chi connectivity index (χ4n) is 1.69. The van der Waals surface area contributed by atoms with Crippen molar-refractivity contribution in [3.8, 4) is 0 Å². The van der Waals surface area contributed by atoms with Crippen LogP contribution in [0.5, 0.6) is 0 Å². The van der Waals surface area contributed by atoms with Crippen molar-refractivity contribution in [1.29, 1.82) is 0 Å². The molecule has 0 saturated carbocycles. The van der Waals surface area contributed by atoms with Gasteiger partial charge in [0.25, 0.3) is 5.56 Å². The number of benzene rings is 1. The Bertz CT molecular complexity index is 757. The molecule has 0 bridgehead atoms.